The number of rotatable bonds is 8. The molecule has 0 N–H and O–H groups in total. The minimum absolute atomic E-state index is 0.887. The van der Waals surface area contributed by atoms with Gasteiger partial charge in [-0.1, -0.05) is 200 Å². The zero-order valence-electron chi connectivity index (χ0n) is 32.9. The van der Waals surface area contributed by atoms with Gasteiger partial charge in [0.1, 0.15) is 11.2 Å². The first-order chi connectivity index (χ1) is 29.8. The Kier molecular flexibility index (Phi) is 8.87. The lowest BCUT2D eigenvalue weighted by atomic mass is 9.91. The Morgan fingerprint density at radius 2 is 0.800 bits per heavy atom. The van der Waals surface area contributed by atoms with Crippen LogP contribution in [0.25, 0.3) is 88.3 Å². The molecule has 282 valence electrons. The van der Waals surface area contributed by atoms with Gasteiger partial charge in [0, 0.05) is 33.3 Å². The van der Waals surface area contributed by atoms with Crippen LogP contribution in [-0.2, 0) is 0 Å². The maximum atomic E-state index is 6.63. The van der Waals surface area contributed by atoms with Gasteiger partial charge in [0.2, 0.25) is 0 Å². The van der Waals surface area contributed by atoms with Gasteiger partial charge in [0.25, 0.3) is 0 Å². The summed E-state index contributed by atoms with van der Waals surface area (Å²) >= 11 is 0. The monoisotopic (exact) mass is 765 g/mol. The van der Waals surface area contributed by atoms with Crippen molar-refractivity contribution in [1.82, 2.24) is 0 Å². The molecule has 0 spiro atoms. The quantitative estimate of drug-likeness (QED) is 0.153. The third-order valence-corrected chi connectivity index (χ3v) is 11.7. The lowest BCUT2D eigenvalue weighted by Crippen LogP contribution is -2.11. The summed E-state index contributed by atoms with van der Waals surface area (Å²) in [6.07, 6.45) is 0. The molecule has 0 unspecified atom stereocenters. The Bertz CT molecular complexity index is 3300. The summed E-state index contributed by atoms with van der Waals surface area (Å²) in [5.74, 6) is 0. The molecule has 11 rings (SSSR count). The van der Waals surface area contributed by atoms with Gasteiger partial charge in [0.05, 0.1) is 5.69 Å². The standard InChI is InChI=1S/C58H39NO/c1-2-15-40(16-3-1)41-31-33-42(34-32-41)43-35-37-46(38-36-43)59(56-29-10-8-24-52(56)54-27-14-28-55-53-25-9-11-30-57(53)60-58(54)55)47-20-12-19-45(39-47)49-22-6-7-23-50(49)51-26-13-18-44-17-4-5-21-48(44)51/h1-39H. The topological polar surface area (TPSA) is 16.4 Å². The molecule has 0 aliphatic carbocycles. The summed E-state index contributed by atoms with van der Waals surface area (Å²) in [6.45, 7) is 0. The molecule has 1 heterocycles. The Hall–Kier alpha value is -7.94. The number of benzene rings is 10. The van der Waals surface area contributed by atoms with Crippen LogP contribution in [0.1, 0.15) is 0 Å². The second-order valence-electron chi connectivity index (χ2n) is 15.2. The Morgan fingerprint density at radius 1 is 0.283 bits per heavy atom. The van der Waals surface area contributed by atoms with E-state index in [9.17, 15) is 0 Å². The molecule has 2 nitrogen and oxygen atoms in total. The van der Waals surface area contributed by atoms with Crippen molar-refractivity contribution in [3.8, 4) is 55.6 Å². The largest absolute Gasteiger partial charge is 0.455 e. The van der Waals surface area contributed by atoms with Gasteiger partial charge in [0.15, 0.2) is 0 Å². The SMILES string of the molecule is c1ccc(-c2ccc(-c3ccc(N(c4cccc(-c5ccccc5-c5cccc6ccccc56)c4)c4ccccc4-c4cccc5c4oc4ccccc45)cc3)cc2)cc1. The molecule has 60 heavy (non-hydrogen) atoms. The Morgan fingerprint density at radius 3 is 1.60 bits per heavy atom. The van der Waals surface area contributed by atoms with Crippen molar-refractivity contribution in [3.63, 3.8) is 0 Å². The highest BCUT2D eigenvalue weighted by molar-refractivity contribution is 6.11. The summed E-state index contributed by atoms with van der Waals surface area (Å²) in [5, 5.41) is 4.71. The van der Waals surface area contributed by atoms with Crippen LogP contribution in [0.4, 0.5) is 17.1 Å². The second-order valence-corrected chi connectivity index (χ2v) is 15.2. The van der Waals surface area contributed by atoms with Crippen molar-refractivity contribution in [2.24, 2.45) is 0 Å². The highest BCUT2D eigenvalue weighted by atomic mass is 16.3. The average molecular weight is 766 g/mol. The normalized spacial score (nSPS) is 11.3. The van der Waals surface area contributed by atoms with Crippen molar-refractivity contribution in [2.75, 3.05) is 4.90 Å². The van der Waals surface area contributed by atoms with Crippen LogP contribution in [0, 0.1) is 0 Å². The molecule has 0 saturated heterocycles. The van der Waals surface area contributed by atoms with E-state index in [2.05, 4.69) is 235 Å². The number of hydrogen-bond acceptors (Lipinski definition) is 2. The van der Waals surface area contributed by atoms with E-state index < -0.39 is 0 Å². The van der Waals surface area contributed by atoms with Crippen LogP contribution in [-0.4, -0.2) is 0 Å². The van der Waals surface area contributed by atoms with E-state index in [1.807, 2.05) is 6.07 Å². The first-order valence-electron chi connectivity index (χ1n) is 20.5. The molecule has 0 amide bonds. The molecule has 0 aliphatic rings. The number of fused-ring (bicyclic) bond motifs is 4. The van der Waals surface area contributed by atoms with Crippen LogP contribution in [0.15, 0.2) is 241 Å². The van der Waals surface area contributed by atoms with E-state index in [0.717, 1.165) is 61.3 Å². The number of furan rings is 1. The molecule has 1 aromatic heterocycles. The van der Waals surface area contributed by atoms with Gasteiger partial charge in [-0.15, -0.1) is 0 Å². The van der Waals surface area contributed by atoms with E-state index >= 15 is 0 Å². The molecule has 0 saturated carbocycles. The molecule has 0 radical (unpaired) electrons. The number of anilines is 3. The highest BCUT2D eigenvalue weighted by Crippen LogP contribution is 2.46. The smallest absolute Gasteiger partial charge is 0.143 e. The minimum Gasteiger partial charge on any atom is -0.455 e. The zero-order chi connectivity index (χ0) is 39.8. The maximum absolute atomic E-state index is 6.63. The van der Waals surface area contributed by atoms with Gasteiger partial charge in [-0.25, -0.2) is 0 Å². The van der Waals surface area contributed by atoms with Gasteiger partial charge < -0.3 is 9.32 Å². The van der Waals surface area contributed by atoms with E-state index in [4.69, 9.17) is 4.42 Å². The third kappa shape index (κ3) is 6.32. The molecule has 0 bridgehead atoms. The summed E-state index contributed by atoms with van der Waals surface area (Å²) in [7, 11) is 0. The molecular formula is C58H39NO. The van der Waals surface area contributed by atoms with Crippen molar-refractivity contribution in [3.05, 3.63) is 237 Å². The summed E-state index contributed by atoms with van der Waals surface area (Å²) in [6, 6.07) is 84.8. The van der Waals surface area contributed by atoms with Crippen molar-refractivity contribution in [2.45, 2.75) is 0 Å². The lowest BCUT2D eigenvalue weighted by molar-refractivity contribution is 0.670. The highest BCUT2D eigenvalue weighted by Gasteiger charge is 2.21. The second kappa shape index (κ2) is 15.1. The predicted octanol–water partition coefficient (Wildman–Crippen LogP) is 16.5. The van der Waals surface area contributed by atoms with E-state index in [0.29, 0.717) is 0 Å². The van der Waals surface area contributed by atoms with Crippen LogP contribution in [0.2, 0.25) is 0 Å². The number of hydrogen-bond donors (Lipinski definition) is 0. The molecule has 2 heteroatoms. The minimum atomic E-state index is 0.887. The van der Waals surface area contributed by atoms with E-state index in [1.165, 1.54) is 44.2 Å². The molecule has 11 aromatic rings. The third-order valence-electron chi connectivity index (χ3n) is 11.7. The Balaban J connectivity index is 1.06. The van der Waals surface area contributed by atoms with Crippen LogP contribution in [0.5, 0.6) is 0 Å². The average Bonchev–Trinajstić information content (AvgIpc) is 3.72. The van der Waals surface area contributed by atoms with Gasteiger partial charge in [-0.3, -0.25) is 0 Å². The van der Waals surface area contributed by atoms with E-state index in [-0.39, 0.29) is 0 Å². The maximum Gasteiger partial charge on any atom is 0.143 e. The van der Waals surface area contributed by atoms with Crippen molar-refractivity contribution in [1.29, 1.82) is 0 Å². The van der Waals surface area contributed by atoms with Gasteiger partial charge in [-0.05, 0) is 91.7 Å². The van der Waals surface area contributed by atoms with Crippen LogP contribution in [0.3, 0.4) is 0 Å². The van der Waals surface area contributed by atoms with Crippen molar-refractivity contribution >= 4 is 49.8 Å². The predicted molar refractivity (Wildman–Crippen MR) is 253 cm³/mol. The Labute approximate surface area is 349 Å². The molecular weight excluding hydrogens is 727 g/mol. The zero-order valence-corrected chi connectivity index (χ0v) is 32.9. The van der Waals surface area contributed by atoms with Crippen molar-refractivity contribution < 1.29 is 4.42 Å². The molecule has 0 aliphatic heterocycles. The van der Waals surface area contributed by atoms with Gasteiger partial charge in [-0.2, -0.15) is 0 Å². The van der Waals surface area contributed by atoms with Gasteiger partial charge >= 0.3 is 0 Å². The number of para-hydroxylation sites is 3. The first-order valence-corrected chi connectivity index (χ1v) is 20.5. The summed E-state index contributed by atoms with van der Waals surface area (Å²) in [5.41, 5.74) is 16.6. The van der Waals surface area contributed by atoms with E-state index in [1.54, 1.807) is 0 Å². The summed E-state index contributed by atoms with van der Waals surface area (Å²) in [4.78, 5) is 2.39. The fourth-order valence-corrected chi connectivity index (χ4v) is 8.81. The number of nitrogens with zero attached hydrogens (tertiary/aromatic N) is 1. The summed E-state index contributed by atoms with van der Waals surface area (Å²) < 4.78 is 6.63. The fourth-order valence-electron chi connectivity index (χ4n) is 8.81. The fraction of sp³-hybridized carbons (Fsp3) is 0. The first kappa shape index (κ1) is 35.2. The molecule has 10 aromatic carbocycles. The molecule has 0 atom stereocenters. The lowest BCUT2D eigenvalue weighted by Gasteiger charge is -2.28. The molecule has 0 fully saturated rings. The van der Waals surface area contributed by atoms with Crippen LogP contribution >= 0.6 is 0 Å². The van der Waals surface area contributed by atoms with Crippen LogP contribution < -0.4 is 4.90 Å².